The molecule has 0 aromatic rings. The largest absolute Gasteiger partial charge is 0.388 e. The fourth-order valence-corrected chi connectivity index (χ4v) is 3.36. The van der Waals surface area contributed by atoms with E-state index >= 15 is 0 Å². The molecule has 0 aromatic heterocycles. The Labute approximate surface area is 85.3 Å². The van der Waals surface area contributed by atoms with Gasteiger partial charge in [-0.2, -0.15) is 11.8 Å². The van der Waals surface area contributed by atoms with Crippen molar-refractivity contribution in [3.63, 3.8) is 0 Å². The summed E-state index contributed by atoms with van der Waals surface area (Å²) in [7, 11) is 0. The number of rotatable bonds is 2. The molecular formula is C11H18OS. The Balaban J connectivity index is 2.67. The van der Waals surface area contributed by atoms with Crippen LogP contribution in [0.4, 0.5) is 0 Å². The van der Waals surface area contributed by atoms with Gasteiger partial charge in [-0.15, -0.1) is 12.3 Å². The highest BCUT2D eigenvalue weighted by molar-refractivity contribution is 7.99. The van der Waals surface area contributed by atoms with Gasteiger partial charge in [0.05, 0.1) is 5.60 Å². The minimum absolute atomic E-state index is 0.0229. The van der Waals surface area contributed by atoms with E-state index in [0.717, 1.165) is 24.3 Å². The number of thioether (sulfide) groups is 1. The number of hydrogen-bond acceptors (Lipinski definition) is 2. The molecule has 1 aliphatic heterocycles. The Hall–Kier alpha value is -0.130. The monoisotopic (exact) mass is 198 g/mol. The van der Waals surface area contributed by atoms with Crippen molar-refractivity contribution in [3.8, 4) is 12.3 Å². The molecule has 1 unspecified atom stereocenters. The standard InChI is InChI=1S/C11H18OS/c1-4-5-6-11(12)9-13-8-7-10(11,2)3/h1,12H,5-9H2,2-3H3. The maximum absolute atomic E-state index is 10.4. The van der Waals surface area contributed by atoms with Crippen molar-refractivity contribution in [3.05, 3.63) is 0 Å². The zero-order chi connectivity index (χ0) is 9.95. The van der Waals surface area contributed by atoms with Crippen LogP contribution in [-0.4, -0.2) is 22.2 Å². The molecule has 0 radical (unpaired) electrons. The maximum atomic E-state index is 10.4. The first-order valence-electron chi connectivity index (χ1n) is 4.75. The van der Waals surface area contributed by atoms with E-state index in [0.29, 0.717) is 6.42 Å². The van der Waals surface area contributed by atoms with Gasteiger partial charge in [-0.3, -0.25) is 0 Å². The normalized spacial score (nSPS) is 32.5. The summed E-state index contributed by atoms with van der Waals surface area (Å²) in [6.45, 7) is 4.28. The van der Waals surface area contributed by atoms with Gasteiger partial charge >= 0.3 is 0 Å². The van der Waals surface area contributed by atoms with Gasteiger partial charge in [0.25, 0.3) is 0 Å². The molecule has 0 bridgehead atoms. The van der Waals surface area contributed by atoms with Crippen LogP contribution in [0.1, 0.15) is 33.1 Å². The van der Waals surface area contributed by atoms with Crippen LogP contribution >= 0.6 is 11.8 Å². The van der Waals surface area contributed by atoms with E-state index in [1.165, 1.54) is 0 Å². The second-order valence-electron chi connectivity index (χ2n) is 4.42. The van der Waals surface area contributed by atoms with Gasteiger partial charge in [0.2, 0.25) is 0 Å². The molecule has 1 fully saturated rings. The van der Waals surface area contributed by atoms with E-state index in [4.69, 9.17) is 6.42 Å². The molecule has 1 nitrogen and oxygen atoms in total. The van der Waals surface area contributed by atoms with Crippen molar-refractivity contribution in [1.82, 2.24) is 0 Å². The Morgan fingerprint density at radius 2 is 2.23 bits per heavy atom. The van der Waals surface area contributed by atoms with Crippen molar-refractivity contribution < 1.29 is 5.11 Å². The van der Waals surface area contributed by atoms with Crippen molar-refractivity contribution in [1.29, 1.82) is 0 Å². The second kappa shape index (κ2) is 3.94. The third-order valence-electron chi connectivity index (χ3n) is 3.15. The fraction of sp³-hybridized carbons (Fsp3) is 0.818. The maximum Gasteiger partial charge on any atom is 0.0797 e. The Morgan fingerprint density at radius 3 is 2.77 bits per heavy atom. The van der Waals surface area contributed by atoms with Crippen molar-refractivity contribution >= 4 is 11.8 Å². The first-order chi connectivity index (χ1) is 6.02. The smallest absolute Gasteiger partial charge is 0.0797 e. The van der Waals surface area contributed by atoms with Gasteiger partial charge in [0.1, 0.15) is 0 Å². The number of hydrogen-bond donors (Lipinski definition) is 1. The molecule has 1 N–H and O–H groups in total. The van der Waals surface area contributed by atoms with Gasteiger partial charge in [0, 0.05) is 12.2 Å². The van der Waals surface area contributed by atoms with E-state index in [-0.39, 0.29) is 5.41 Å². The highest BCUT2D eigenvalue weighted by Gasteiger charge is 2.44. The third kappa shape index (κ3) is 2.21. The molecule has 0 aromatic carbocycles. The predicted octanol–water partition coefficient (Wildman–Crippen LogP) is 2.29. The van der Waals surface area contributed by atoms with E-state index in [9.17, 15) is 5.11 Å². The Kier molecular flexibility index (Phi) is 3.32. The van der Waals surface area contributed by atoms with E-state index in [2.05, 4.69) is 19.8 Å². The summed E-state index contributed by atoms with van der Waals surface area (Å²) in [5, 5.41) is 10.4. The van der Waals surface area contributed by atoms with Crippen LogP contribution < -0.4 is 0 Å². The molecule has 1 saturated heterocycles. The minimum Gasteiger partial charge on any atom is -0.388 e. The molecule has 0 amide bonds. The van der Waals surface area contributed by atoms with Crippen molar-refractivity contribution in [2.75, 3.05) is 11.5 Å². The summed E-state index contributed by atoms with van der Waals surface area (Å²) in [6.07, 6.45) is 7.73. The van der Waals surface area contributed by atoms with Gasteiger partial charge in [-0.05, 0) is 24.0 Å². The van der Waals surface area contributed by atoms with Gasteiger partial charge in [-0.25, -0.2) is 0 Å². The third-order valence-corrected chi connectivity index (χ3v) is 4.33. The lowest BCUT2D eigenvalue weighted by Gasteiger charge is -2.46. The summed E-state index contributed by atoms with van der Waals surface area (Å²) in [4.78, 5) is 0. The molecule has 0 spiro atoms. The number of aliphatic hydroxyl groups is 1. The highest BCUT2D eigenvalue weighted by Crippen LogP contribution is 2.44. The minimum atomic E-state index is -0.553. The van der Waals surface area contributed by atoms with Gasteiger partial charge in [0.15, 0.2) is 0 Å². The zero-order valence-electron chi connectivity index (χ0n) is 8.47. The van der Waals surface area contributed by atoms with Crippen LogP contribution in [0, 0.1) is 17.8 Å². The SMILES string of the molecule is C#CCCC1(O)CSCCC1(C)C. The van der Waals surface area contributed by atoms with E-state index in [1.807, 2.05) is 11.8 Å². The van der Waals surface area contributed by atoms with Crippen LogP contribution in [0.5, 0.6) is 0 Å². The fourth-order valence-electron chi connectivity index (χ4n) is 1.69. The molecule has 0 saturated carbocycles. The van der Waals surface area contributed by atoms with Crippen molar-refractivity contribution in [2.45, 2.75) is 38.7 Å². The molecule has 1 atom stereocenters. The summed E-state index contributed by atoms with van der Waals surface area (Å²) in [6, 6.07) is 0. The number of terminal acetylenes is 1. The van der Waals surface area contributed by atoms with Crippen LogP contribution in [-0.2, 0) is 0 Å². The lowest BCUT2D eigenvalue weighted by atomic mass is 9.71. The Bertz CT molecular complexity index is 217. The van der Waals surface area contributed by atoms with Gasteiger partial charge < -0.3 is 5.11 Å². The zero-order valence-corrected chi connectivity index (χ0v) is 9.28. The van der Waals surface area contributed by atoms with E-state index in [1.54, 1.807) is 0 Å². The van der Waals surface area contributed by atoms with Crippen LogP contribution in [0.25, 0.3) is 0 Å². The van der Waals surface area contributed by atoms with Crippen LogP contribution in [0.3, 0.4) is 0 Å². The average molecular weight is 198 g/mol. The quantitative estimate of drug-likeness (QED) is 0.687. The molecule has 0 aliphatic carbocycles. The second-order valence-corrected chi connectivity index (χ2v) is 5.53. The van der Waals surface area contributed by atoms with E-state index < -0.39 is 5.60 Å². The first kappa shape index (κ1) is 10.9. The summed E-state index contributed by atoms with van der Waals surface area (Å²) < 4.78 is 0. The summed E-state index contributed by atoms with van der Waals surface area (Å²) in [5.41, 5.74) is -0.530. The molecule has 74 valence electrons. The molecule has 2 heteroatoms. The highest BCUT2D eigenvalue weighted by atomic mass is 32.2. The van der Waals surface area contributed by atoms with Crippen molar-refractivity contribution in [2.24, 2.45) is 5.41 Å². The lowest BCUT2D eigenvalue weighted by molar-refractivity contribution is -0.0571. The Morgan fingerprint density at radius 1 is 1.54 bits per heavy atom. The molecule has 1 aliphatic rings. The predicted molar refractivity (Wildman–Crippen MR) is 58.7 cm³/mol. The topological polar surface area (TPSA) is 20.2 Å². The van der Waals surface area contributed by atoms with Gasteiger partial charge in [-0.1, -0.05) is 13.8 Å². The first-order valence-corrected chi connectivity index (χ1v) is 5.91. The van der Waals surface area contributed by atoms with Crippen LogP contribution in [0.2, 0.25) is 0 Å². The summed E-state index contributed by atoms with van der Waals surface area (Å²) in [5.74, 6) is 4.60. The summed E-state index contributed by atoms with van der Waals surface area (Å²) >= 11 is 1.84. The molecular weight excluding hydrogens is 180 g/mol. The average Bonchev–Trinajstić information content (AvgIpc) is 2.07. The van der Waals surface area contributed by atoms with Crippen LogP contribution in [0.15, 0.2) is 0 Å². The molecule has 1 rings (SSSR count). The molecule has 13 heavy (non-hydrogen) atoms. The lowest BCUT2D eigenvalue weighted by Crippen LogP contribution is -2.49. The molecule has 1 heterocycles.